The molecule has 8 nitrogen and oxygen atoms in total. The second-order valence-electron chi connectivity index (χ2n) is 8.43. The molecule has 3 aliphatic heterocycles. The zero-order valence-electron chi connectivity index (χ0n) is 19.0. The van der Waals surface area contributed by atoms with Gasteiger partial charge in [-0.2, -0.15) is 0 Å². The Balaban J connectivity index is 1.40. The standard InChI is InChI=1S/C28H20N8/c1-3-15-29-17(5-1)27-19-7-11-23(31-19)35-25-13-9-21(33-25)28(18-6-2-4-16-30-18)22-10-14-26(34-22)36-24-12-8-20(27)32-24/h1-16H,(H2,31,33,35)(H2,32,34,36). The van der Waals surface area contributed by atoms with Crippen molar-refractivity contribution in [3.8, 4) is 0 Å². The van der Waals surface area contributed by atoms with Crippen molar-refractivity contribution >= 4 is 34.5 Å². The van der Waals surface area contributed by atoms with Crippen molar-refractivity contribution in [1.29, 1.82) is 0 Å². The molecule has 0 saturated heterocycles. The summed E-state index contributed by atoms with van der Waals surface area (Å²) in [7, 11) is 0. The van der Waals surface area contributed by atoms with Gasteiger partial charge in [0.1, 0.15) is 23.3 Å². The molecule has 0 atom stereocenters. The predicted octanol–water partition coefficient (Wildman–Crippen LogP) is 5.13. The van der Waals surface area contributed by atoms with E-state index in [9.17, 15) is 0 Å². The number of aliphatic imine (C=N–C) groups is 2. The van der Waals surface area contributed by atoms with E-state index in [1.165, 1.54) is 0 Å². The van der Waals surface area contributed by atoms with Crippen LogP contribution < -0.4 is 10.6 Å². The molecule has 172 valence electrons. The zero-order valence-corrected chi connectivity index (χ0v) is 19.0. The molecule has 36 heavy (non-hydrogen) atoms. The van der Waals surface area contributed by atoms with E-state index < -0.39 is 0 Å². The molecule has 7 heterocycles. The molecule has 0 spiro atoms. The lowest BCUT2D eigenvalue weighted by atomic mass is 10.1. The average molecular weight is 469 g/mol. The van der Waals surface area contributed by atoms with Crippen LogP contribution in [-0.2, 0) is 0 Å². The van der Waals surface area contributed by atoms with Gasteiger partial charge >= 0.3 is 0 Å². The van der Waals surface area contributed by atoms with Gasteiger partial charge < -0.3 is 20.6 Å². The Morgan fingerprint density at radius 2 is 1.00 bits per heavy atom. The van der Waals surface area contributed by atoms with E-state index in [-0.39, 0.29) is 0 Å². The van der Waals surface area contributed by atoms with Crippen molar-refractivity contribution in [2.75, 3.05) is 10.6 Å². The molecule has 0 radical (unpaired) electrons. The van der Waals surface area contributed by atoms with Crippen molar-refractivity contribution in [3.05, 3.63) is 132 Å². The summed E-state index contributed by atoms with van der Waals surface area (Å²) in [6.07, 6.45) is 11.5. The Bertz CT molecular complexity index is 1530. The summed E-state index contributed by atoms with van der Waals surface area (Å²) in [5.74, 6) is 3.11. The van der Waals surface area contributed by atoms with E-state index in [1.807, 2.05) is 85.0 Å². The molecular weight excluding hydrogens is 448 g/mol. The fourth-order valence-electron chi connectivity index (χ4n) is 4.48. The fourth-order valence-corrected chi connectivity index (χ4v) is 4.48. The van der Waals surface area contributed by atoms with Crippen LogP contribution in [0.25, 0.3) is 11.1 Å². The second-order valence-corrected chi connectivity index (χ2v) is 8.43. The number of pyridine rings is 2. The number of nitrogens with one attached hydrogen (secondary N) is 4. The van der Waals surface area contributed by atoms with Crippen LogP contribution in [0.3, 0.4) is 0 Å². The Morgan fingerprint density at radius 3 is 1.44 bits per heavy atom. The summed E-state index contributed by atoms with van der Waals surface area (Å²) < 4.78 is 0. The van der Waals surface area contributed by atoms with Gasteiger partial charge in [-0.1, -0.05) is 12.1 Å². The summed E-state index contributed by atoms with van der Waals surface area (Å²) in [4.78, 5) is 25.9. The number of rotatable bonds is 2. The third kappa shape index (κ3) is 3.57. The molecular formula is C28H20N8. The predicted molar refractivity (Wildman–Crippen MR) is 142 cm³/mol. The number of allylic oxidation sites excluding steroid dienone is 2. The largest absolute Gasteiger partial charge is 0.341 e. The lowest BCUT2D eigenvalue weighted by Crippen LogP contribution is -2.08. The van der Waals surface area contributed by atoms with Gasteiger partial charge in [-0.05, 0) is 72.8 Å². The lowest BCUT2D eigenvalue weighted by Gasteiger charge is -2.09. The highest BCUT2D eigenvalue weighted by Crippen LogP contribution is 2.32. The SMILES string of the molecule is C1=CC2=C(c3ccccn3)c3ccc([nH]3)NC3=NC(=C(c4ccccn4)c4ccc([nH]4)NC1=N2)C=C3. The highest BCUT2D eigenvalue weighted by atomic mass is 15.1. The molecule has 0 unspecified atom stereocenters. The van der Waals surface area contributed by atoms with E-state index in [1.54, 1.807) is 12.4 Å². The van der Waals surface area contributed by atoms with Gasteiger partial charge in [0.05, 0.1) is 34.2 Å². The first-order chi connectivity index (χ1) is 17.8. The van der Waals surface area contributed by atoms with Gasteiger partial charge in [0, 0.05) is 23.5 Å². The van der Waals surface area contributed by atoms with E-state index in [0.717, 1.165) is 68.6 Å². The topological polar surface area (TPSA) is 106 Å². The van der Waals surface area contributed by atoms with E-state index in [2.05, 4.69) is 30.6 Å². The zero-order chi connectivity index (χ0) is 23.9. The third-order valence-electron chi connectivity index (χ3n) is 6.07. The Hall–Kier alpha value is -5.24. The number of aromatic amines is 2. The van der Waals surface area contributed by atoms with Crippen molar-refractivity contribution in [3.63, 3.8) is 0 Å². The summed E-state index contributed by atoms with van der Waals surface area (Å²) in [6.45, 7) is 0. The molecule has 3 aliphatic rings. The number of anilines is 2. The van der Waals surface area contributed by atoms with Gasteiger partial charge in [0.25, 0.3) is 0 Å². The van der Waals surface area contributed by atoms with Crippen molar-refractivity contribution in [1.82, 2.24) is 19.9 Å². The maximum absolute atomic E-state index is 4.87. The molecule has 0 amide bonds. The molecule has 7 rings (SSSR count). The van der Waals surface area contributed by atoms with Crippen LogP contribution >= 0.6 is 0 Å². The van der Waals surface area contributed by atoms with Crippen LogP contribution in [0.4, 0.5) is 11.6 Å². The fraction of sp³-hybridized carbons (Fsp3) is 0. The maximum Gasteiger partial charge on any atom is 0.132 e. The monoisotopic (exact) mass is 468 g/mol. The Labute approximate surface area is 206 Å². The van der Waals surface area contributed by atoms with Gasteiger partial charge in [-0.25, -0.2) is 9.98 Å². The summed E-state index contributed by atoms with van der Waals surface area (Å²) in [5.41, 5.74) is 6.95. The van der Waals surface area contributed by atoms with Gasteiger partial charge in [-0.15, -0.1) is 0 Å². The summed E-state index contributed by atoms with van der Waals surface area (Å²) in [6, 6.07) is 19.8. The Morgan fingerprint density at radius 1 is 0.500 bits per heavy atom. The van der Waals surface area contributed by atoms with Crippen LogP contribution in [-0.4, -0.2) is 31.6 Å². The third-order valence-corrected chi connectivity index (χ3v) is 6.07. The van der Waals surface area contributed by atoms with E-state index in [0.29, 0.717) is 0 Å². The quantitative estimate of drug-likeness (QED) is 0.327. The summed E-state index contributed by atoms with van der Waals surface area (Å²) in [5, 5.41) is 6.79. The number of nitrogens with zero attached hydrogens (tertiary/aromatic N) is 4. The molecule has 0 aromatic carbocycles. The van der Waals surface area contributed by atoms with Crippen LogP contribution in [0, 0.1) is 0 Å². The maximum atomic E-state index is 4.87. The van der Waals surface area contributed by atoms with Crippen LogP contribution in [0.15, 0.2) is 119 Å². The molecule has 0 fully saturated rings. The highest BCUT2D eigenvalue weighted by molar-refractivity contribution is 6.09. The number of fused-ring (bicyclic) bond motifs is 6. The van der Waals surface area contributed by atoms with Crippen LogP contribution in [0.1, 0.15) is 22.8 Å². The second kappa shape index (κ2) is 8.21. The molecule has 0 aliphatic carbocycles. The number of hydrogen-bond acceptors (Lipinski definition) is 6. The van der Waals surface area contributed by atoms with E-state index in [4.69, 9.17) is 9.98 Å². The van der Waals surface area contributed by atoms with Crippen molar-refractivity contribution < 1.29 is 0 Å². The first kappa shape index (κ1) is 20.2. The number of hydrogen-bond donors (Lipinski definition) is 4. The number of H-pyrrole nitrogens is 2. The minimum Gasteiger partial charge on any atom is -0.341 e. The first-order valence-corrected chi connectivity index (χ1v) is 11.6. The molecule has 4 N–H and O–H groups in total. The normalized spacial score (nSPS) is 16.1. The van der Waals surface area contributed by atoms with E-state index >= 15 is 0 Å². The van der Waals surface area contributed by atoms with Crippen LogP contribution in [0.5, 0.6) is 0 Å². The lowest BCUT2D eigenvalue weighted by molar-refractivity contribution is 1.22. The average Bonchev–Trinajstić information content (AvgIpc) is 3.72. The Kier molecular flexibility index (Phi) is 4.60. The summed E-state index contributed by atoms with van der Waals surface area (Å²) >= 11 is 0. The smallest absolute Gasteiger partial charge is 0.132 e. The molecule has 8 bridgehead atoms. The molecule has 0 saturated carbocycles. The molecule has 4 aromatic heterocycles. The van der Waals surface area contributed by atoms with Crippen LogP contribution in [0.2, 0.25) is 0 Å². The molecule has 8 heteroatoms. The van der Waals surface area contributed by atoms with Crippen molar-refractivity contribution in [2.45, 2.75) is 0 Å². The highest BCUT2D eigenvalue weighted by Gasteiger charge is 2.20. The van der Waals surface area contributed by atoms with Gasteiger partial charge in [0.2, 0.25) is 0 Å². The molecule has 4 aromatic rings. The van der Waals surface area contributed by atoms with Gasteiger partial charge in [-0.3, -0.25) is 9.97 Å². The van der Waals surface area contributed by atoms with Crippen molar-refractivity contribution in [2.24, 2.45) is 9.98 Å². The number of amidine groups is 2. The number of aromatic nitrogens is 4. The van der Waals surface area contributed by atoms with Gasteiger partial charge in [0.15, 0.2) is 0 Å². The minimum absolute atomic E-state index is 0.733. The minimum atomic E-state index is 0.733. The first-order valence-electron chi connectivity index (χ1n) is 11.6.